The first-order chi connectivity index (χ1) is 6.11. The van der Waals surface area contributed by atoms with E-state index in [1.165, 1.54) is 5.57 Å². The lowest BCUT2D eigenvalue weighted by Gasteiger charge is -2.36. The molecule has 0 aliphatic carbocycles. The summed E-state index contributed by atoms with van der Waals surface area (Å²) in [5.74, 6) is 0. The first kappa shape index (κ1) is 11.0. The molecule has 0 radical (unpaired) electrons. The van der Waals surface area contributed by atoms with Gasteiger partial charge in [0.2, 0.25) is 0 Å². The van der Waals surface area contributed by atoms with Gasteiger partial charge in [-0.3, -0.25) is 4.90 Å². The van der Waals surface area contributed by atoms with Crippen molar-refractivity contribution in [1.82, 2.24) is 10.2 Å². The molecule has 1 aliphatic heterocycles. The lowest BCUT2D eigenvalue weighted by atomic mass is 10.1. The van der Waals surface area contributed by atoms with Crippen LogP contribution < -0.4 is 5.32 Å². The molecule has 2 nitrogen and oxygen atoms in total. The van der Waals surface area contributed by atoms with E-state index in [1.807, 2.05) is 0 Å². The summed E-state index contributed by atoms with van der Waals surface area (Å²) in [5.41, 5.74) is 2.92. The Labute approximate surface area is 85.9 Å². The fourth-order valence-corrected chi connectivity index (χ4v) is 2.03. The summed E-state index contributed by atoms with van der Waals surface area (Å²) in [6.07, 6.45) is 0. The van der Waals surface area contributed by atoms with Gasteiger partial charge in [0.1, 0.15) is 0 Å². The SMILES string of the molecule is CC(=CCl)CN1CC(C)NC(C)C1. The zero-order valence-corrected chi connectivity index (χ0v) is 9.43. The maximum atomic E-state index is 5.64. The number of piperazine rings is 1. The molecule has 1 rings (SSSR count). The summed E-state index contributed by atoms with van der Waals surface area (Å²) < 4.78 is 0. The lowest BCUT2D eigenvalue weighted by Crippen LogP contribution is -2.54. The number of hydrogen-bond donors (Lipinski definition) is 1. The van der Waals surface area contributed by atoms with Crippen molar-refractivity contribution >= 4 is 11.6 Å². The predicted molar refractivity (Wildman–Crippen MR) is 58.1 cm³/mol. The minimum Gasteiger partial charge on any atom is -0.309 e. The second kappa shape index (κ2) is 4.99. The topological polar surface area (TPSA) is 15.3 Å². The van der Waals surface area contributed by atoms with E-state index in [9.17, 15) is 0 Å². The molecule has 13 heavy (non-hydrogen) atoms. The van der Waals surface area contributed by atoms with E-state index in [0.29, 0.717) is 12.1 Å². The molecule has 0 aromatic rings. The highest BCUT2D eigenvalue weighted by atomic mass is 35.5. The van der Waals surface area contributed by atoms with Crippen molar-refractivity contribution in [2.24, 2.45) is 0 Å². The third-order valence-corrected chi connectivity index (χ3v) is 2.66. The molecular weight excluding hydrogens is 184 g/mol. The Hall–Kier alpha value is -0.0500. The van der Waals surface area contributed by atoms with Crippen LogP contribution in [-0.2, 0) is 0 Å². The first-order valence-corrected chi connectivity index (χ1v) is 5.29. The molecule has 2 unspecified atom stereocenters. The van der Waals surface area contributed by atoms with E-state index >= 15 is 0 Å². The Kier molecular flexibility index (Phi) is 4.23. The van der Waals surface area contributed by atoms with Crippen molar-refractivity contribution < 1.29 is 0 Å². The molecule has 1 N–H and O–H groups in total. The van der Waals surface area contributed by atoms with Crippen molar-refractivity contribution in [1.29, 1.82) is 0 Å². The van der Waals surface area contributed by atoms with Gasteiger partial charge in [0, 0.05) is 37.3 Å². The molecule has 0 spiro atoms. The van der Waals surface area contributed by atoms with Gasteiger partial charge in [-0.2, -0.15) is 0 Å². The largest absolute Gasteiger partial charge is 0.309 e. The van der Waals surface area contributed by atoms with Gasteiger partial charge in [0.25, 0.3) is 0 Å². The zero-order valence-electron chi connectivity index (χ0n) is 8.68. The molecule has 1 heterocycles. The van der Waals surface area contributed by atoms with E-state index in [1.54, 1.807) is 5.54 Å². The standard InChI is InChI=1S/C10H19ClN2/c1-8(4-11)5-13-6-9(2)12-10(3)7-13/h4,9-10,12H,5-7H2,1-3H3. The number of halogens is 1. The third kappa shape index (κ3) is 3.67. The van der Waals surface area contributed by atoms with Crippen molar-refractivity contribution in [2.75, 3.05) is 19.6 Å². The molecule has 1 aliphatic rings. The smallest absolute Gasteiger partial charge is 0.0203 e. The Balaban J connectivity index is 2.41. The summed E-state index contributed by atoms with van der Waals surface area (Å²) in [4.78, 5) is 2.44. The van der Waals surface area contributed by atoms with Crippen LogP contribution in [0.15, 0.2) is 11.1 Å². The molecule has 0 aromatic carbocycles. The average Bonchev–Trinajstić information content (AvgIpc) is 2.02. The maximum Gasteiger partial charge on any atom is 0.0203 e. The summed E-state index contributed by atoms with van der Waals surface area (Å²) in [6.45, 7) is 9.76. The normalized spacial score (nSPS) is 32.2. The summed E-state index contributed by atoms with van der Waals surface area (Å²) in [7, 11) is 0. The van der Waals surface area contributed by atoms with Crippen LogP contribution >= 0.6 is 11.6 Å². The van der Waals surface area contributed by atoms with Gasteiger partial charge in [0.05, 0.1) is 0 Å². The van der Waals surface area contributed by atoms with Crippen LogP contribution in [0, 0.1) is 0 Å². The van der Waals surface area contributed by atoms with E-state index < -0.39 is 0 Å². The van der Waals surface area contributed by atoms with Gasteiger partial charge < -0.3 is 5.32 Å². The molecule has 0 aromatic heterocycles. The van der Waals surface area contributed by atoms with Crippen molar-refractivity contribution in [3.63, 3.8) is 0 Å². The predicted octanol–water partition coefficient (Wildman–Crippen LogP) is 1.81. The number of nitrogens with one attached hydrogen (secondary N) is 1. The molecule has 2 atom stereocenters. The van der Waals surface area contributed by atoms with Crippen LogP contribution in [0.3, 0.4) is 0 Å². The minimum atomic E-state index is 0.590. The molecule has 1 saturated heterocycles. The fourth-order valence-electron chi connectivity index (χ4n) is 1.96. The second-order valence-corrected chi connectivity index (χ2v) is 4.34. The van der Waals surface area contributed by atoms with Crippen LogP contribution in [0.4, 0.5) is 0 Å². The van der Waals surface area contributed by atoms with E-state index in [0.717, 1.165) is 19.6 Å². The van der Waals surface area contributed by atoms with Crippen molar-refractivity contribution in [3.05, 3.63) is 11.1 Å². The molecule has 76 valence electrons. The first-order valence-electron chi connectivity index (χ1n) is 4.86. The summed E-state index contributed by atoms with van der Waals surface area (Å²) in [5, 5.41) is 3.51. The Bertz CT molecular complexity index is 181. The average molecular weight is 203 g/mol. The zero-order chi connectivity index (χ0) is 9.84. The fraction of sp³-hybridized carbons (Fsp3) is 0.800. The van der Waals surface area contributed by atoms with E-state index in [2.05, 4.69) is 31.0 Å². The molecule has 0 bridgehead atoms. The van der Waals surface area contributed by atoms with Gasteiger partial charge >= 0.3 is 0 Å². The second-order valence-electron chi connectivity index (χ2n) is 4.12. The molecular formula is C10H19ClN2. The Morgan fingerprint density at radius 3 is 2.46 bits per heavy atom. The van der Waals surface area contributed by atoms with Gasteiger partial charge in [-0.05, 0) is 26.3 Å². The van der Waals surface area contributed by atoms with Gasteiger partial charge in [-0.1, -0.05) is 11.6 Å². The van der Waals surface area contributed by atoms with Crippen LogP contribution in [0.2, 0.25) is 0 Å². The monoisotopic (exact) mass is 202 g/mol. The quantitative estimate of drug-likeness (QED) is 0.735. The van der Waals surface area contributed by atoms with Crippen LogP contribution in [-0.4, -0.2) is 36.6 Å². The summed E-state index contributed by atoms with van der Waals surface area (Å²) in [6, 6.07) is 1.18. The lowest BCUT2D eigenvalue weighted by molar-refractivity contribution is 0.186. The molecule has 3 heteroatoms. The Morgan fingerprint density at radius 2 is 2.00 bits per heavy atom. The number of nitrogens with zero attached hydrogens (tertiary/aromatic N) is 1. The van der Waals surface area contributed by atoms with Crippen LogP contribution in [0.25, 0.3) is 0 Å². The minimum absolute atomic E-state index is 0.590. The van der Waals surface area contributed by atoms with Crippen molar-refractivity contribution in [2.45, 2.75) is 32.9 Å². The maximum absolute atomic E-state index is 5.64. The van der Waals surface area contributed by atoms with E-state index in [4.69, 9.17) is 11.6 Å². The molecule has 0 amide bonds. The highest BCUT2D eigenvalue weighted by molar-refractivity contribution is 6.25. The molecule has 0 saturated carbocycles. The van der Waals surface area contributed by atoms with Gasteiger partial charge in [-0.25, -0.2) is 0 Å². The van der Waals surface area contributed by atoms with Crippen LogP contribution in [0.1, 0.15) is 20.8 Å². The molecule has 1 fully saturated rings. The highest BCUT2D eigenvalue weighted by Crippen LogP contribution is 2.07. The Morgan fingerprint density at radius 1 is 1.46 bits per heavy atom. The van der Waals surface area contributed by atoms with Gasteiger partial charge in [0.15, 0.2) is 0 Å². The third-order valence-electron chi connectivity index (χ3n) is 2.29. The van der Waals surface area contributed by atoms with Crippen LogP contribution in [0.5, 0.6) is 0 Å². The summed E-state index contributed by atoms with van der Waals surface area (Å²) >= 11 is 5.64. The van der Waals surface area contributed by atoms with E-state index in [-0.39, 0.29) is 0 Å². The number of rotatable bonds is 2. The van der Waals surface area contributed by atoms with Crippen molar-refractivity contribution in [3.8, 4) is 0 Å². The van der Waals surface area contributed by atoms with Gasteiger partial charge in [-0.15, -0.1) is 0 Å². The number of hydrogen-bond acceptors (Lipinski definition) is 2. The highest BCUT2D eigenvalue weighted by Gasteiger charge is 2.20.